The zero-order valence-electron chi connectivity index (χ0n) is 6.28. The molecule has 4 heteroatoms. The molecule has 1 aromatic carbocycles. The number of hydrogen-bond donors (Lipinski definition) is 1. The molecular formula is C8H8Cl3N. The Morgan fingerprint density at radius 3 is 2.67 bits per heavy atom. The van der Waals surface area contributed by atoms with Gasteiger partial charge in [0.05, 0.1) is 15.7 Å². The van der Waals surface area contributed by atoms with E-state index in [2.05, 4.69) is 5.32 Å². The molecule has 0 aliphatic carbocycles. The van der Waals surface area contributed by atoms with Crippen molar-refractivity contribution >= 4 is 40.5 Å². The van der Waals surface area contributed by atoms with Gasteiger partial charge in [-0.2, -0.15) is 0 Å². The number of halogens is 3. The van der Waals surface area contributed by atoms with Crippen molar-refractivity contribution in [1.82, 2.24) is 0 Å². The Kier molecular flexibility index (Phi) is 3.99. The molecule has 0 spiro atoms. The van der Waals surface area contributed by atoms with Crippen LogP contribution in [0.1, 0.15) is 0 Å². The fourth-order valence-electron chi connectivity index (χ4n) is 0.822. The van der Waals surface area contributed by atoms with Gasteiger partial charge in [0.25, 0.3) is 0 Å². The van der Waals surface area contributed by atoms with Gasteiger partial charge in [-0.15, -0.1) is 11.6 Å². The molecule has 0 heterocycles. The van der Waals surface area contributed by atoms with E-state index in [1.165, 1.54) is 0 Å². The molecule has 0 aliphatic rings. The standard InChI is InChI=1S/C8H8Cl3N/c9-4-5-12-7-3-1-2-6(10)8(7)11/h1-3,12H,4-5H2. The van der Waals surface area contributed by atoms with Crippen LogP contribution in [-0.2, 0) is 0 Å². The van der Waals surface area contributed by atoms with Crippen LogP contribution >= 0.6 is 34.8 Å². The largest absolute Gasteiger partial charge is 0.383 e. The molecule has 12 heavy (non-hydrogen) atoms. The third-order valence-corrected chi connectivity index (χ3v) is 2.37. The first-order chi connectivity index (χ1) is 5.75. The van der Waals surface area contributed by atoms with E-state index >= 15 is 0 Å². The highest BCUT2D eigenvalue weighted by atomic mass is 35.5. The first-order valence-corrected chi connectivity index (χ1v) is 4.78. The molecule has 1 aromatic rings. The van der Waals surface area contributed by atoms with Gasteiger partial charge in [0, 0.05) is 12.4 Å². The topological polar surface area (TPSA) is 12.0 Å². The fraction of sp³-hybridized carbons (Fsp3) is 0.250. The normalized spacial score (nSPS) is 9.92. The maximum absolute atomic E-state index is 5.89. The van der Waals surface area contributed by atoms with E-state index in [4.69, 9.17) is 34.8 Å². The number of benzene rings is 1. The number of alkyl halides is 1. The SMILES string of the molecule is ClCCNc1cccc(Cl)c1Cl. The molecule has 1 rings (SSSR count). The van der Waals surface area contributed by atoms with Crippen LogP contribution in [0.2, 0.25) is 10.0 Å². The summed E-state index contributed by atoms with van der Waals surface area (Å²) in [5.74, 6) is 0.544. The number of rotatable bonds is 3. The molecule has 0 bridgehead atoms. The minimum Gasteiger partial charge on any atom is -0.383 e. The number of hydrogen-bond acceptors (Lipinski definition) is 1. The Bertz CT molecular complexity index is 262. The van der Waals surface area contributed by atoms with Crippen molar-refractivity contribution < 1.29 is 0 Å². The van der Waals surface area contributed by atoms with E-state index in [1.807, 2.05) is 12.1 Å². The van der Waals surface area contributed by atoms with Gasteiger partial charge in [-0.1, -0.05) is 29.3 Å². The van der Waals surface area contributed by atoms with Crippen LogP contribution in [0.5, 0.6) is 0 Å². The van der Waals surface area contributed by atoms with Crippen molar-refractivity contribution in [3.05, 3.63) is 28.2 Å². The first kappa shape index (κ1) is 9.97. The van der Waals surface area contributed by atoms with Gasteiger partial charge >= 0.3 is 0 Å². The maximum Gasteiger partial charge on any atom is 0.0823 e. The van der Waals surface area contributed by atoms with Crippen LogP contribution in [0.4, 0.5) is 5.69 Å². The van der Waals surface area contributed by atoms with Crippen molar-refractivity contribution in [1.29, 1.82) is 0 Å². The summed E-state index contributed by atoms with van der Waals surface area (Å²) in [4.78, 5) is 0. The lowest BCUT2D eigenvalue weighted by molar-refractivity contribution is 1.22. The monoisotopic (exact) mass is 223 g/mol. The van der Waals surface area contributed by atoms with Crippen LogP contribution in [-0.4, -0.2) is 12.4 Å². The van der Waals surface area contributed by atoms with Crippen molar-refractivity contribution in [2.24, 2.45) is 0 Å². The highest BCUT2D eigenvalue weighted by molar-refractivity contribution is 6.43. The van der Waals surface area contributed by atoms with Crippen LogP contribution < -0.4 is 5.32 Å². The molecule has 0 atom stereocenters. The summed E-state index contributed by atoms with van der Waals surface area (Å²) >= 11 is 17.2. The molecule has 1 nitrogen and oxygen atoms in total. The second kappa shape index (κ2) is 4.80. The van der Waals surface area contributed by atoms with Crippen LogP contribution in [0, 0.1) is 0 Å². The molecule has 0 amide bonds. The minimum atomic E-state index is 0.544. The second-order valence-corrected chi connectivity index (χ2v) is 3.38. The van der Waals surface area contributed by atoms with E-state index in [0.29, 0.717) is 22.5 Å². The Morgan fingerprint density at radius 1 is 1.25 bits per heavy atom. The van der Waals surface area contributed by atoms with E-state index < -0.39 is 0 Å². The minimum absolute atomic E-state index is 0.544. The van der Waals surface area contributed by atoms with Crippen molar-refractivity contribution in [2.75, 3.05) is 17.7 Å². The summed E-state index contributed by atoms with van der Waals surface area (Å²) in [6.45, 7) is 0.682. The summed E-state index contributed by atoms with van der Waals surface area (Å²) in [5, 5.41) is 4.15. The van der Waals surface area contributed by atoms with Gasteiger partial charge in [-0.05, 0) is 12.1 Å². The third kappa shape index (κ3) is 2.44. The summed E-state index contributed by atoms with van der Waals surface area (Å²) in [7, 11) is 0. The third-order valence-electron chi connectivity index (χ3n) is 1.36. The number of nitrogens with one attached hydrogen (secondary N) is 1. The predicted molar refractivity (Wildman–Crippen MR) is 55.7 cm³/mol. The Labute approximate surface area is 86.6 Å². The van der Waals surface area contributed by atoms with Gasteiger partial charge in [-0.25, -0.2) is 0 Å². The molecule has 0 radical (unpaired) electrons. The quantitative estimate of drug-likeness (QED) is 0.773. The maximum atomic E-state index is 5.89. The van der Waals surface area contributed by atoms with E-state index in [0.717, 1.165) is 5.69 Å². The zero-order chi connectivity index (χ0) is 8.97. The average molecular weight is 225 g/mol. The van der Waals surface area contributed by atoms with Gasteiger partial charge in [0.1, 0.15) is 0 Å². The van der Waals surface area contributed by atoms with Crippen molar-refractivity contribution in [3.8, 4) is 0 Å². The Hall–Kier alpha value is -0.110. The molecule has 0 unspecified atom stereocenters. The van der Waals surface area contributed by atoms with Gasteiger partial charge in [-0.3, -0.25) is 0 Å². The second-order valence-electron chi connectivity index (χ2n) is 2.22. The van der Waals surface area contributed by atoms with Gasteiger partial charge < -0.3 is 5.32 Å². The summed E-state index contributed by atoms with van der Waals surface area (Å²) < 4.78 is 0. The lowest BCUT2D eigenvalue weighted by atomic mass is 10.3. The molecule has 0 saturated carbocycles. The molecule has 0 aliphatic heterocycles. The Morgan fingerprint density at radius 2 is 2.00 bits per heavy atom. The van der Waals surface area contributed by atoms with Crippen LogP contribution in [0.3, 0.4) is 0 Å². The molecular weight excluding hydrogens is 216 g/mol. The van der Waals surface area contributed by atoms with Crippen LogP contribution in [0.15, 0.2) is 18.2 Å². The van der Waals surface area contributed by atoms with E-state index in [1.54, 1.807) is 6.07 Å². The molecule has 1 N–H and O–H groups in total. The van der Waals surface area contributed by atoms with Gasteiger partial charge in [0.15, 0.2) is 0 Å². The van der Waals surface area contributed by atoms with E-state index in [9.17, 15) is 0 Å². The Balaban J connectivity index is 2.78. The zero-order valence-corrected chi connectivity index (χ0v) is 8.55. The lowest BCUT2D eigenvalue weighted by Gasteiger charge is -2.06. The summed E-state index contributed by atoms with van der Waals surface area (Å²) in [5.41, 5.74) is 0.824. The van der Waals surface area contributed by atoms with Crippen molar-refractivity contribution in [2.45, 2.75) is 0 Å². The summed E-state index contributed by atoms with van der Waals surface area (Å²) in [6.07, 6.45) is 0. The summed E-state index contributed by atoms with van der Waals surface area (Å²) in [6, 6.07) is 5.45. The molecule has 0 aromatic heterocycles. The van der Waals surface area contributed by atoms with Crippen molar-refractivity contribution in [3.63, 3.8) is 0 Å². The lowest BCUT2D eigenvalue weighted by Crippen LogP contribution is -2.02. The highest BCUT2D eigenvalue weighted by Gasteiger charge is 2.01. The highest BCUT2D eigenvalue weighted by Crippen LogP contribution is 2.29. The van der Waals surface area contributed by atoms with Crippen LogP contribution in [0.25, 0.3) is 0 Å². The predicted octanol–water partition coefficient (Wildman–Crippen LogP) is 3.64. The van der Waals surface area contributed by atoms with Gasteiger partial charge in [0.2, 0.25) is 0 Å². The molecule has 0 saturated heterocycles. The smallest absolute Gasteiger partial charge is 0.0823 e. The van der Waals surface area contributed by atoms with E-state index in [-0.39, 0.29) is 0 Å². The molecule has 66 valence electrons. The first-order valence-electron chi connectivity index (χ1n) is 3.49. The average Bonchev–Trinajstić information content (AvgIpc) is 2.08. The molecule has 0 fully saturated rings. The fourth-order valence-corrected chi connectivity index (χ4v) is 1.28. The number of anilines is 1.